The van der Waals surface area contributed by atoms with Crippen LogP contribution in [0.3, 0.4) is 0 Å². The number of carbonyl (C=O) groups is 2. The minimum absolute atomic E-state index is 0.220. The maximum Gasteiger partial charge on any atom is 0.256 e. The summed E-state index contributed by atoms with van der Waals surface area (Å²) in [5, 5.41) is 2.76. The SMILES string of the molecule is CS(=O)(=O)N[C@H]1CCN2C(=O)c3cc(Br)ccc3NC(=O)[C@@H]2C1. The van der Waals surface area contributed by atoms with Crippen LogP contribution < -0.4 is 10.0 Å². The Morgan fingerprint density at radius 1 is 1.35 bits per heavy atom. The summed E-state index contributed by atoms with van der Waals surface area (Å²) in [7, 11) is -3.35. The fourth-order valence-corrected chi connectivity index (χ4v) is 4.22. The standard InChI is InChI=1S/C14H16BrN3O4S/c1-23(21,22)17-9-4-5-18-12(7-9)13(19)16-11-3-2-8(15)6-10(11)14(18)20/h2-3,6,9,12,17H,4-5,7H2,1H3,(H,16,19)/t9-,12-/m0/s1. The summed E-state index contributed by atoms with van der Waals surface area (Å²) in [5.74, 6) is -0.512. The minimum Gasteiger partial charge on any atom is -0.326 e. The Balaban J connectivity index is 1.90. The molecule has 3 rings (SSSR count). The van der Waals surface area contributed by atoms with Crippen LogP contribution in [0.5, 0.6) is 0 Å². The number of halogens is 1. The number of nitrogens with zero attached hydrogens (tertiary/aromatic N) is 1. The molecule has 0 aromatic heterocycles. The predicted molar refractivity (Wildman–Crippen MR) is 88.6 cm³/mol. The lowest BCUT2D eigenvalue weighted by Crippen LogP contribution is -2.54. The Morgan fingerprint density at radius 3 is 2.78 bits per heavy atom. The summed E-state index contributed by atoms with van der Waals surface area (Å²) in [6.07, 6.45) is 1.83. The van der Waals surface area contributed by atoms with Gasteiger partial charge in [-0.05, 0) is 31.0 Å². The minimum atomic E-state index is -3.35. The number of hydrogen-bond donors (Lipinski definition) is 2. The van der Waals surface area contributed by atoms with E-state index in [1.807, 2.05) is 0 Å². The van der Waals surface area contributed by atoms with Crippen LogP contribution in [0.25, 0.3) is 0 Å². The van der Waals surface area contributed by atoms with Gasteiger partial charge in [0.15, 0.2) is 0 Å². The van der Waals surface area contributed by atoms with Gasteiger partial charge in [-0.25, -0.2) is 13.1 Å². The van der Waals surface area contributed by atoms with Crippen molar-refractivity contribution in [2.75, 3.05) is 18.1 Å². The van der Waals surface area contributed by atoms with E-state index in [1.165, 1.54) is 4.90 Å². The molecule has 2 heterocycles. The zero-order valence-electron chi connectivity index (χ0n) is 12.4. The number of amides is 2. The summed E-state index contributed by atoms with van der Waals surface area (Å²) in [6.45, 7) is 0.329. The van der Waals surface area contributed by atoms with Gasteiger partial charge < -0.3 is 10.2 Å². The van der Waals surface area contributed by atoms with E-state index in [1.54, 1.807) is 18.2 Å². The molecule has 2 aliphatic rings. The second-order valence-electron chi connectivity index (χ2n) is 5.80. The smallest absolute Gasteiger partial charge is 0.256 e. The molecule has 1 saturated heterocycles. The maximum absolute atomic E-state index is 12.7. The van der Waals surface area contributed by atoms with Crippen LogP contribution in [0.4, 0.5) is 5.69 Å². The molecule has 2 aliphatic heterocycles. The maximum atomic E-state index is 12.7. The van der Waals surface area contributed by atoms with Crippen molar-refractivity contribution in [1.82, 2.24) is 9.62 Å². The molecule has 0 bridgehead atoms. The number of sulfonamides is 1. The van der Waals surface area contributed by atoms with Gasteiger partial charge in [-0.1, -0.05) is 15.9 Å². The first kappa shape index (κ1) is 16.4. The molecular formula is C14H16BrN3O4S. The van der Waals surface area contributed by atoms with E-state index in [2.05, 4.69) is 26.0 Å². The van der Waals surface area contributed by atoms with Gasteiger partial charge in [-0.2, -0.15) is 0 Å². The molecule has 0 spiro atoms. The lowest BCUT2D eigenvalue weighted by atomic mass is 9.97. The number of hydrogen-bond acceptors (Lipinski definition) is 4. The van der Waals surface area contributed by atoms with Crippen molar-refractivity contribution in [2.24, 2.45) is 0 Å². The quantitative estimate of drug-likeness (QED) is 0.769. The van der Waals surface area contributed by atoms with Crippen LogP contribution >= 0.6 is 15.9 Å². The highest BCUT2D eigenvalue weighted by Gasteiger charge is 2.40. The van der Waals surface area contributed by atoms with Crippen LogP contribution in [0.1, 0.15) is 23.2 Å². The number of anilines is 1. The number of rotatable bonds is 2. The van der Waals surface area contributed by atoms with Gasteiger partial charge in [0.05, 0.1) is 17.5 Å². The third-order valence-electron chi connectivity index (χ3n) is 4.02. The monoisotopic (exact) mass is 401 g/mol. The molecule has 124 valence electrons. The summed E-state index contributed by atoms with van der Waals surface area (Å²) in [5.41, 5.74) is 0.912. The Bertz CT molecular complexity index is 780. The van der Waals surface area contributed by atoms with Crippen LogP contribution in [0.2, 0.25) is 0 Å². The molecule has 1 aromatic carbocycles. The van der Waals surface area contributed by atoms with Gasteiger partial charge in [0.2, 0.25) is 15.9 Å². The van der Waals surface area contributed by atoms with Gasteiger partial charge >= 0.3 is 0 Å². The zero-order chi connectivity index (χ0) is 16.8. The van der Waals surface area contributed by atoms with E-state index < -0.39 is 16.1 Å². The molecular weight excluding hydrogens is 386 g/mol. The third kappa shape index (κ3) is 3.41. The number of nitrogens with one attached hydrogen (secondary N) is 2. The lowest BCUT2D eigenvalue weighted by Gasteiger charge is -2.37. The van der Waals surface area contributed by atoms with Crippen molar-refractivity contribution < 1.29 is 18.0 Å². The average Bonchev–Trinajstić information content (AvgIpc) is 2.55. The van der Waals surface area contributed by atoms with E-state index in [0.717, 1.165) is 10.7 Å². The molecule has 0 aliphatic carbocycles. The zero-order valence-corrected chi connectivity index (χ0v) is 14.8. The van der Waals surface area contributed by atoms with Gasteiger partial charge in [-0.15, -0.1) is 0 Å². The van der Waals surface area contributed by atoms with Crippen molar-refractivity contribution in [1.29, 1.82) is 0 Å². The number of fused-ring (bicyclic) bond motifs is 2. The average molecular weight is 402 g/mol. The van der Waals surface area contributed by atoms with E-state index in [0.29, 0.717) is 24.2 Å². The van der Waals surface area contributed by atoms with E-state index in [9.17, 15) is 18.0 Å². The largest absolute Gasteiger partial charge is 0.326 e. The highest BCUT2D eigenvalue weighted by atomic mass is 79.9. The predicted octanol–water partition coefficient (Wildman–Crippen LogP) is 0.924. The van der Waals surface area contributed by atoms with Crippen LogP contribution in [0, 0.1) is 0 Å². The number of piperidine rings is 1. The summed E-state index contributed by atoms with van der Waals surface area (Å²) >= 11 is 3.33. The summed E-state index contributed by atoms with van der Waals surface area (Å²) in [6, 6.07) is 4.09. The molecule has 0 saturated carbocycles. The normalized spacial score (nSPS) is 24.5. The molecule has 1 aromatic rings. The van der Waals surface area contributed by atoms with Crippen molar-refractivity contribution in [2.45, 2.75) is 24.9 Å². The molecule has 23 heavy (non-hydrogen) atoms. The van der Waals surface area contributed by atoms with Crippen LogP contribution in [-0.2, 0) is 14.8 Å². The molecule has 7 nitrogen and oxygen atoms in total. The summed E-state index contributed by atoms with van der Waals surface area (Å²) < 4.78 is 26.1. The highest BCUT2D eigenvalue weighted by Crippen LogP contribution is 2.30. The topological polar surface area (TPSA) is 95.6 Å². The molecule has 2 atom stereocenters. The first-order chi connectivity index (χ1) is 10.7. The molecule has 1 fully saturated rings. The van der Waals surface area contributed by atoms with Crippen LogP contribution in [0.15, 0.2) is 22.7 Å². The second-order valence-corrected chi connectivity index (χ2v) is 8.50. The molecule has 9 heteroatoms. The van der Waals surface area contributed by atoms with Crippen LogP contribution in [-0.4, -0.2) is 50.0 Å². The highest BCUT2D eigenvalue weighted by molar-refractivity contribution is 9.10. The Morgan fingerprint density at radius 2 is 2.09 bits per heavy atom. The van der Waals surface area contributed by atoms with Crippen molar-refractivity contribution in [3.05, 3.63) is 28.2 Å². The molecule has 2 N–H and O–H groups in total. The first-order valence-electron chi connectivity index (χ1n) is 7.13. The fourth-order valence-electron chi connectivity index (χ4n) is 3.04. The Labute approximate surface area is 142 Å². The van der Waals surface area contributed by atoms with E-state index >= 15 is 0 Å². The second kappa shape index (κ2) is 5.88. The number of benzene rings is 1. The molecule has 2 amide bonds. The van der Waals surface area contributed by atoms with Crippen molar-refractivity contribution in [3.8, 4) is 0 Å². The Kier molecular flexibility index (Phi) is 4.19. The fraction of sp³-hybridized carbons (Fsp3) is 0.429. The molecule has 0 unspecified atom stereocenters. The van der Waals surface area contributed by atoms with E-state index in [4.69, 9.17) is 0 Å². The number of carbonyl (C=O) groups excluding carboxylic acids is 2. The lowest BCUT2D eigenvalue weighted by molar-refractivity contribution is -0.121. The first-order valence-corrected chi connectivity index (χ1v) is 9.82. The van der Waals surface area contributed by atoms with E-state index in [-0.39, 0.29) is 24.3 Å². The van der Waals surface area contributed by atoms with Gasteiger partial charge in [0.25, 0.3) is 5.91 Å². The Hall–Kier alpha value is -1.45. The summed E-state index contributed by atoms with van der Waals surface area (Å²) in [4.78, 5) is 26.7. The third-order valence-corrected chi connectivity index (χ3v) is 5.27. The van der Waals surface area contributed by atoms with Gasteiger partial charge in [-0.3, -0.25) is 9.59 Å². The van der Waals surface area contributed by atoms with Gasteiger partial charge in [0.1, 0.15) is 6.04 Å². The van der Waals surface area contributed by atoms with Gasteiger partial charge in [0, 0.05) is 17.1 Å². The van der Waals surface area contributed by atoms with Crippen molar-refractivity contribution in [3.63, 3.8) is 0 Å². The molecule has 0 radical (unpaired) electrons. The van der Waals surface area contributed by atoms with Crippen molar-refractivity contribution >= 4 is 43.5 Å².